The average molecular weight is 436 g/mol. The minimum absolute atomic E-state index is 0.184. The van der Waals surface area contributed by atoms with E-state index < -0.39 is 17.9 Å². The summed E-state index contributed by atoms with van der Waals surface area (Å²) in [5.41, 5.74) is 1.08. The number of amides is 3. The minimum Gasteiger partial charge on any atom is -0.345 e. The van der Waals surface area contributed by atoms with Gasteiger partial charge in [-0.2, -0.15) is 0 Å². The zero-order chi connectivity index (χ0) is 21.7. The van der Waals surface area contributed by atoms with Crippen molar-refractivity contribution in [3.63, 3.8) is 0 Å². The van der Waals surface area contributed by atoms with Crippen molar-refractivity contribution in [2.75, 3.05) is 19.4 Å². The first-order valence-electron chi connectivity index (χ1n) is 8.98. The molecule has 2 N–H and O–H groups in total. The zero-order valence-electron chi connectivity index (χ0n) is 16.6. The maximum atomic E-state index is 12.8. The Labute approximate surface area is 180 Å². The number of nitrogens with zero attached hydrogens (tertiary/aromatic N) is 1. The van der Waals surface area contributed by atoms with Gasteiger partial charge in [0, 0.05) is 30.2 Å². The van der Waals surface area contributed by atoms with Crippen LogP contribution in [-0.2, 0) is 4.79 Å². The molecule has 0 bridgehead atoms. The monoisotopic (exact) mass is 435 g/mol. The molecule has 0 aliphatic rings. The van der Waals surface area contributed by atoms with Gasteiger partial charge in [0.05, 0.1) is 10.7 Å². The summed E-state index contributed by atoms with van der Waals surface area (Å²) < 4.78 is 0. The van der Waals surface area contributed by atoms with Gasteiger partial charge >= 0.3 is 0 Å². The average Bonchev–Trinajstić information content (AvgIpc) is 2.67. The minimum atomic E-state index is -0.803. The van der Waals surface area contributed by atoms with E-state index in [9.17, 15) is 14.4 Å². The van der Waals surface area contributed by atoms with Crippen LogP contribution in [0, 0.1) is 5.92 Å². The third-order valence-corrected chi connectivity index (χ3v) is 4.80. The number of nitrogens with one attached hydrogen (secondary N) is 2. The zero-order valence-corrected chi connectivity index (χ0v) is 18.1. The van der Waals surface area contributed by atoms with Gasteiger partial charge in [0.15, 0.2) is 0 Å². The molecule has 0 saturated carbocycles. The molecule has 8 heteroatoms. The van der Waals surface area contributed by atoms with Crippen LogP contribution in [-0.4, -0.2) is 42.8 Å². The van der Waals surface area contributed by atoms with Crippen LogP contribution in [0.15, 0.2) is 42.5 Å². The molecule has 0 radical (unpaired) electrons. The van der Waals surface area contributed by atoms with Crippen LogP contribution >= 0.6 is 23.2 Å². The van der Waals surface area contributed by atoms with Crippen LogP contribution in [0.25, 0.3) is 0 Å². The fraction of sp³-hybridized carbons (Fsp3) is 0.286. The Kier molecular flexibility index (Phi) is 7.65. The molecule has 2 aromatic carbocycles. The van der Waals surface area contributed by atoms with E-state index in [-0.39, 0.29) is 11.8 Å². The van der Waals surface area contributed by atoms with Crippen LogP contribution in [0.2, 0.25) is 10.0 Å². The molecule has 0 heterocycles. The molecule has 2 aromatic rings. The van der Waals surface area contributed by atoms with E-state index in [1.807, 2.05) is 13.8 Å². The summed E-state index contributed by atoms with van der Waals surface area (Å²) in [6, 6.07) is 10.2. The Morgan fingerprint density at radius 2 is 1.52 bits per heavy atom. The molecule has 154 valence electrons. The Morgan fingerprint density at radius 1 is 0.931 bits per heavy atom. The SMILES string of the molecule is CC(C)C(NC(=O)c1ccc(Cl)cc1)C(=O)Nc1cc(C(=O)N(C)C)ccc1Cl. The maximum absolute atomic E-state index is 12.8. The van der Waals surface area contributed by atoms with Crippen LogP contribution < -0.4 is 10.6 Å². The Bertz CT molecular complexity index is 912. The van der Waals surface area contributed by atoms with Gasteiger partial charge in [0.25, 0.3) is 11.8 Å². The molecular weight excluding hydrogens is 413 g/mol. The summed E-state index contributed by atoms with van der Waals surface area (Å²) in [6.45, 7) is 3.64. The number of anilines is 1. The van der Waals surface area contributed by atoms with Crippen molar-refractivity contribution in [1.82, 2.24) is 10.2 Å². The molecule has 29 heavy (non-hydrogen) atoms. The first-order chi connectivity index (χ1) is 13.6. The van der Waals surface area contributed by atoms with E-state index in [1.165, 1.54) is 11.0 Å². The molecule has 2 rings (SSSR count). The van der Waals surface area contributed by atoms with Crippen molar-refractivity contribution in [1.29, 1.82) is 0 Å². The van der Waals surface area contributed by atoms with Crippen molar-refractivity contribution >= 4 is 46.6 Å². The van der Waals surface area contributed by atoms with Gasteiger partial charge in [-0.15, -0.1) is 0 Å². The molecule has 6 nitrogen and oxygen atoms in total. The summed E-state index contributed by atoms with van der Waals surface area (Å²) >= 11 is 12.0. The topological polar surface area (TPSA) is 78.5 Å². The molecule has 0 aliphatic carbocycles. The molecule has 0 fully saturated rings. The third-order valence-electron chi connectivity index (χ3n) is 4.22. The van der Waals surface area contributed by atoms with Gasteiger partial charge < -0.3 is 15.5 Å². The molecule has 0 saturated heterocycles. The van der Waals surface area contributed by atoms with Crippen LogP contribution in [0.4, 0.5) is 5.69 Å². The van der Waals surface area contributed by atoms with Gasteiger partial charge in [0.2, 0.25) is 5.91 Å². The lowest BCUT2D eigenvalue weighted by Crippen LogP contribution is -2.47. The lowest BCUT2D eigenvalue weighted by molar-refractivity contribution is -0.118. The fourth-order valence-corrected chi connectivity index (χ4v) is 2.87. The van der Waals surface area contributed by atoms with E-state index in [4.69, 9.17) is 23.2 Å². The highest BCUT2D eigenvalue weighted by molar-refractivity contribution is 6.34. The van der Waals surface area contributed by atoms with Crippen molar-refractivity contribution < 1.29 is 14.4 Å². The van der Waals surface area contributed by atoms with E-state index in [0.717, 1.165) is 0 Å². The molecule has 0 spiro atoms. The van der Waals surface area contributed by atoms with Crippen molar-refractivity contribution in [2.45, 2.75) is 19.9 Å². The van der Waals surface area contributed by atoms with Crippen molar-refractivity contribution in [2.24, 2.45) is 5.92 Å². The first-order valence-corrected chi connectivity index (χ1v) is 9.74. The molecule has 1 unspecified atom stereocenters. The largest absolute Gasteiger partial charge is 0.345 e. The predicted octanol–water partition coefficient (Wildman–Crippen LogP) is 4.09. The Hall–Kier alpha value is -2.57. The number of halogens is 2. The van der Waals surface area contributed by atoms with E-state index >= 15 is 0 Å². The van der Waals surface area contributed by atoms with Gasteiger partial charge in [0.1, 0.15) is 6.04 Å². The highest BCUT2D eigenvalue weighted by Crippen LogP contribution is 2.24. The fourth-order valence-electron chi connectivity index (χ4n) is 2.58. The van der Waals surface area contributed by atoms with Gasteiger partial charge in [-0.1, -0.05) is 37.0 Å². The highest BCUT2D eigenvalue weighted by Gasteiger charge is 2.25. The standard InChI is InChI=1S/C21H23Cl2N3O3/c1-12(2)18(25-19(27)13-5-8-15(22)9-6-13)20(28)24-17-11-14(7-10-16(17)23)21(29)26(3)4/h5-12,18H,1-4H3,(H,24,28)(H,25,27). The molecule has 3 amide bonds. The first kappa shape index (κ1) is 22.7. The number of carbonyl (C=O) groups is 3. The number of rotatable bonds is 6. The number of carbonyl (C=O) groups excluding carboxylic acids is 3. The number of hydrogen-bond donors (Lipinski definition) is 2. The summed E-state index contributed by atoms with van der Waals surface area (Å²) in [7, 11) is 3.27. The lowest BCUT2D eigenvalue weighted by Gasteiger charge is -2.22. The van der Waals surface area contributed by atoms with Gasteiger partial charge in [-0.25, -0.2) is 0 Å². The second-order valence-electron chi connectivity index (χ2n) is 7.09. The van der Waals surface area contributed by atoms with E-state index in [1.54, 1.807) is 50.5 Å². The maximum Gasteiger partial charge on any atom is 0.253 e. The van der Waals surface area contributed by atoms with Crippen molar-refractivity contribution in [3.05, 3.63) is 63.6 Å². The van der Waals surface area contributed by atoms with Crippen LogP contribution in [0.3, 0.4) is 0 Å². The quantitative estimate of drug-likeness (QED) is 0.716. The van der Waals surface area contributed by atoms with Gasteiger partial charge in [-0.3, -0.25) is 14.4 Å². The van der Waals surface area contributed by atoms with E-state index in [2.05, 4.69) is 10.6 Å². The lowest BCUT2D eigenvalue weighted by atomic mass is 10.0. The summed E-state index contributed by atoms with van der Waals surface area (Å²) in [5, 5.41) is 6.26. The van der Waals surface area contributed by atoms with Crippen molar-refractivity contribution in [3.8, 4) is 0 Å². The molecule has 0 aromatic heterocycles. The predicted molar refractivity (Wildman–Crippen MR) is 116 cm³/mol. The number of benzene rings is 2. The third kappa shape index (κ3) is 5.95. The normalized spacial score (nSPS) is 11.7. The van der Waals surface area contributed by atoms with Crippen LogP contribution in [0.5, 0.6) is 0 Å². The summed E-state index contributed by atoms with van der Waals surface area (Å²) in [5.74, 6) is -1.22. The molecular formula is C21H23Cl2N3O3. The second kappa shape index (κ2) is 9.76. The van der Waals surface area contributed by atoms with Gasteiger partial charge in [-0.05, 0) is 48.4 Å². The molecule has 0 aliphatic heterocycles. The second-order valence-corrected chi connectivity index (χ2v) is 7.93. The molecule has 1 atom stereocenters. The van der Waals surface area contributed by atoms with Crippen LogP contribution in [0.1, 0.15) is 34.6 Å². The smallest absolute Gasteiger partial charge is 0.253 e. The number of hydrogen-bond acceptors (Lipinski definition) is 3. The Morgan fingerprint density at radius 3 is 2.07 bits per heavy atom. The Balaban J connectivity index is 2.19. The summed E-state index contributed by atoms with van der Waals surface area (Å²) in [4.78, 5) is 38.9. The highest BCUT2D eigenvalue weighted by atomic mass is 35.5. The van der Waals surface area contributed by atoms with E-state index in [0.29, 0.717) is 26.9 Å². The summed E-state index contributed by atoms with van der Waals surface area (Å²) in [6.07, 6.45) is 0.